The number of carbonyl (C=O) groups is 3. The third-order valence-electron chi connectivity index (χ3n) is 4.64. The van der Waals surface area contributed by atoms with Crippen LogP contribution in [0.4, 0.5) is 4.79 Å². The number of alkyl carbamates (subject to hydrolysis) is 1. The van der Waals surface area contributed by atoms with Gasteiger partial charge in [0.05, 0.1) is 6.04 Å². The molecular weight excluding hydrogens is 483 g/mol. The van der Waals surface area contributed by atoms with Crippen LogP contribution in [-0.2, 0) is 19.1 Å². The fourth-order valence-corrected chi connectivity index (χ4v) is 3.07. The van der Waals surface area contributed by atoms with Gasteiger partial charge in [0.15, 0.2) is 0 Å². The molecule has 3 N–H and O–H groups in total. The summed E-state index contributed by atoms with van der Waals surface area (Å²) in [5.74, 6) is -0.706. The van der Waals surface area contributed by atoms with Crippen LogP contribution in [0.25, 0.3) is 0 Å². The van der Waals surface area contributed by atoms with Crippen molar-refractivity contribution < 1.29 is 23.9 Å². The molecular formula is C20H35Cl3N4O5. The molecule has 0 bridgehead atoms. The fraction of sp³-hybridized carbons (Fsp3) is 0.850. The van der Waals surface area contributed by atoms with Gasteiger partial charge in [0, 0.05) is 19.1 Å². The van der Waals surface area contributed by atoms with Gasteiger partial charge in [0.1, 0.15) is 18.2 Å². The monoisotopic (exact) mass is 516 g/mol. The Labute approximate surface area is 205 Å². The first-order valence-electron chi connectivity index (χ1n) is 10.6. The Hall–Kier alpha value is -1.00. The first-order valence-corrected chi connectivity index (χ1v) is 11.8. The number of hydrogen-bond donors (Lipinski definition) is 3. The zero-order valence-electron chi connectivity index (χ0n) is 19.5. The third kappa shape index (κ3) is 11.2. The Morgan fingerprint density at radius 1 is 1.16 bits per heavy atom. The van der Waals surface area contributed by atoms with Crippen LogP contribution in [0.15, 0.2) is 0 Å². The maximum Gasteiger partial charge on any atom is 0.407 e. The molecule has 0 aromatic carbocycles. The number of carbonyl (C=O) groups excluding carboxylic acids is 3. The van der Waals surface area contributed by atoms with Crippen LogP contribution in [-0.4, -0.2) is 70.2 Å². The second-order valence-electron chi connectivity index (χ2n) is 9.16. The molecule has 1 rings (SSSR count). The lowest BCUT2D eigenvalue weighted by Crippen LogP contribution is -2.60. The van der Waals surface area contributed by atoms with Gasteiger partial charge in [-0.25, -0.2) is 10.2 Å². The van der Waals surface area contributed by atoms with E-state index in [1.54, 1.807) is 27.7 Å². The van der Waals surface area contributed by atoms with E-state index in [0.717, 1.165) is 0 Å². The summed E-state index contributed by atoms with van der Waals surface area (Å²) in [5.41, 5.74) is 2.29. The third-order valence-corrected chi connectivity index (χ3v) is 4.96. The number of nitrogens with zero attached hydrogens (tertiary/aromatic N) is 1. The van der Waals surface area contributed by atoms with Crippen molar-refractivity contribution in [3.63, 3.8) is 0 Å². The minimum Gasteiger partial charge on any atom is -0.460 e. The highest BCUT2D eigenvalue weighted by molar-refractivity contribution is 6.67. The average Bonchev–Trinajstić information content (AvgIpc) is 2.66. The van der Waals surface area contributed by atoms with Crippen LogP contribution in [0.1, 0.15) is 54.4 Å². The summed E-state index contributed by atoms with van der Waals surface area (Å²) in [7, 11) is 0. The number of rotatable bonds is 8. The van der Waals surface area contributed by atoms with Crippen molar-refractivity contribution in [1.82, 2.24) is 21.1 Å². The Balaban J connectivity index is 2.58. The lowest BCUT2D eigenvalue weighted by Gasteiger charge is -2.35. The van der Waals surface area contributed by atoms with Gasteiger partial charge in [0.25, 0.3) is 5.91 Å². The van der Waals surface area contributed by atoms with Crippen molar-refractivity contribution in [3.05, 3.63) is 0 Å². The first-order chi connectivity index (χ1) is 14.6. The zero-order valence-corrected chi connectivity index (χ0v) is 21.7. The maximum atomic E-state index is 12.8. The van der Waals surface area contributed by atoms with Crippen molar-refractivity contribution in [2.75, 3.05) is 19.7 Å². The topological polar surface area (TPSA) is 109 Å². The number of esters is 1. The summed E-state index contributed by atoms with van der Waals surface area (Å²) in [6.07, 6.45) is 0.610. The van der Waals surface area contributed by atoms with E-state index in [2.05, 4.69) is 16.1 Å². The molecule has 32 heavy (non-hydrogen) atoms. The molecule has 1 aliphatic rings. The predicted octanol–water partition coefficient (Wildman–Crippen LogP) is 2.92. The molecule has 1 fully saturated rings. The van der Waals surface area contributed by atoms with Crippen LogP contribution in [0.3, 0.4) is 0 Å². The van der Waals surface area contributed by atoms with E-state index in [1.807, 2.05) is 13.8 Å². The zero-order chi connectivity index (χ0) is 24.7. The molecule has 0 radical (unpaired) electrons. The van der Waals surface area contributed by atoms with E-state index in [0.29, 0.717) is 25.9 Å². The number of amides is 2. The van der Waals surface area contributed by atoms with Crippen LogP contribution in [0, 0.1) is 5.92 Å². The molecule has 3 atom stereocenters. The van der Waals surface area contributed by atoms with Crippen molar-refractivity contribution in [1.29, 1.82) is 0 Å². The van der Waals surface area contributed by atoms with E-state index < -0.39 is 33.5 Å². The van der Waals surface area contributed by atoms with Crippen LogP contribution in [0.5, 0.6) is 0 Å². The fourth-order valence-electron chi connectivity index (χ4n) is 2.91. The molecule has 12 heteroatoms. The standard InChI is InChI=1S/C20H35Cl3N4O5/c1-12(2)15(25-18(30)32-19(4,5)6)10-24-13(3)16(28)27-9-7-8-14(26-27)17(29)31-11-20(21,22)23/h12-15,24,26H,7-11H2,1-6H3,(H,25,30). The summed E-state index contributed by atoms with van der Waals surface area (Å²) in [4.78, 5) is 37.2. The van der Waals surface area contributed by atoms with Gasteiger partial charge in [-0.2, -0.15) is 0 Å². The number of hydrazine groups is 1. The predicted molar refractivity (Wildman–Crippen MR) is 125 cm³/mol. The number of halogens is 3. The molecule has 1 aliphatic heterocycles. The molecule has 9 nitrogen and oxygen atoms in total. The van der Waals surface area contributed by atoms with Crippen LogP contribution < -0.4 is 16.1 Å². The molecule has 3 unspecified atom stereocenters. The summed E-state index contributed by atoms with van der Waals surface area (Å²) in [5, 5.41) is 7.38. The van der Waals surface area contributed by atoms with Crippen molar-refractivity contribution >= 4 is 52.8 Å². The quantitative estimate of drug-likeness (QED) is 0.335. The van der Waals surface area contributed by atoms with Crippen LogP contribution in [0.2, 0.25) is 0 Å². The Morgan fingerprint density at radius 3 is 2.31 bits per heavy atom. The molecule has 0 spiro atoms. The lowest BCUT2D eigenvalue weighted by molar-refractivity contribution is -0.152. The van der Waals surface area contributed by atoms with Gasteiger partial charge in [-0.15, -0.1) is 0 Å². The number of hydrogen-bond acceptors (Lipinski definition) is 7. The normalized spacial score (nSPS) is 19.3. The summed E-state index contributed by atoms with van der Waals surface area (Å²) < 4.78 is 8.62. The van der Waals surface area contributed by atoms with Crippen molar-refractivity contribution in [2.24, 2.45) is 5.92 Å². The van der Waals surface area contributed by atoms with Gasteiger partial charge < -0.3 is 20.1 Å². The Morgan fingerprint density at radius 2 is 1.78 bits per heavy atom. The summed E-state index contributed by atoms with van der Waals surface area (Å²) in [6, 6.07) is -1.50. The van der Waals surface area contributed by atoms with Gasteiger partial charge >= 0.3 is 12.1 Å². The Bertz CT molecular complexity index is 652. The second-order valence-corrected chi connectivity index (χ2v) is 11.7. The van der Waals surface area contributed by atoms with E-state index in [-0.39, 0.29) is 24.5 Å². The highest BCUT2D eigenvalue weighted by Gasteiger charge is 2.33. The number of nitrogens with one attached hydrogen (secondary N) is 3. The van der Waals surface area contributed by atoms with E-state index in [4.69, 9.17) is 44.3 Å². The maximum absolute atomic E-state index is 12.8. The molecule has 0 aromatic rings. The molecule has 2 amide bonds. The number of alkyl halides is 3. The summed E-state index contributed by atoms with van der Waals surface area (Å²) in [6.45, 7) is 11.5. The number of ether oxygens (including phenoxy) is 2. The van der Waals surface area contributed by atoms with Crippen LogP contribution >= 0.6 is 34.8 Å². The smallest absolute Gasteiger partial charge is 0.407 e. The van der Waals surface area contributed by atoms with E-state index in [1.165, 1.54) is 5.01 Å². The highest BCUT2D eigenvalue weighted by atomic mass is 35.6. The average molecular weight is 518 g/mol. The lowest BCUT2D eigenvalue weighted by atomic mass is 10.0. The van der Waals surface area contributed by atoms with Gasteiger partial charge in [-0.3, -0.25) is 14.6 Å². The Kier molecular flexibility index (Phi) is 11.3. The van der Waals surface area contributed by atoms with Crippen molar-refractivity contribution in [2.45, 2.75) is 81.9 Å². The van der Waals surface area contributed by atoms with Gasteiger partial charge in [-0.05, 0) is 46.5 Å². The molecule has 1 heterocycles. The highest BCUT2D eigenvalue weighted by Crippen LogP contribution is 2.26. The molecule has 0 saturated carbocycles. The second kappa shape index (κ2) is 12.5. The van der Waals surface area contributed by atoms with Gasteiger partial charge in [-0.1, -0.05) is 48.7 Å². The molecule has 0 aromatic heterocycles. The van der Waals surface area contributed by atoms with E-state index >= 15 is 0 Å². The minimum absolute atomic E-state index is 0.113. The molecule has 0 aliphatic carbocycles. The molecule has 186 valence electrons. The summed E-state index contributed by atoms with van der Waals surface area (Å²) >= 11 is 16.8. The van der Waals surface area contributed by atoms with Crippen molar-refractivity contribution in [3.8, 4) is 0 Å². The molecule has 1 saturated heterocycles. The largest absolute Gasteiger partial charge is 0.460 e. The first kappa shape index (κ1) is 29.0. The van der Waals surface area contributed by atoms with E-state index in [9.17, 15) is 14.4 Å². The van der Waals surface area contributed by atoms with Gasteiger partial charge in [0.2, 0.25) is 3.79 Å². The SMILES string of the molecule is CC(NCC(NC(=O)OC(C)(C)C)C(C)C)C(=O)N1CCCC(C(=O)OCC(Cl)(Cl)Cl)N1. The minimum atomic E-state index is -1.70.